The minimum atomic E-state index is -0.0674. The van der Waals surface area contributed by atoms with E-state index in [9.17, 15) is 4.79 Å². The number of nitrogens with two attached hydrogens (primary N) is 1. The molecule has 2 N–H and O–H groups in total. The molecular formula is C10H17NO2. The van der Waals surface area contributed by atoms with Gasteiger partial charge in [0.15, 0.2) is 0 Å². The second-order valence-electron chi connectivity index (χ2n) is 4.19. The molecule has 0 aromatic heterocycles. The first-order chi connectivity index (χ1) is 6.24. The van der Waals surface area contributed by atoms with Crippen molar-refractivity contribution >= 4 is 5.97 Å². The average molecular weight is 183 g/mol. The molecule has 0 radical (unpaired) electrons. The van der Waals surface area contributed by atoms with Crippen LogP contribution >= 0.6 is 0 Å². The fraction of sp³-hybridized carbons (Fsp3) is 0.900. The molecule has 74 valence electrons. The van der Waals surface area contributed by atoms with E-state index in [0.717, 1.165) is 6.42 Å². The first-order valence-electron chi connectivity index (χ1n) is 5.16. The first-order valence-corrected chi connectivity index (χ1v) is 5.16. The highest BCUT2D eigenvalue weighted by molar-refractivity contribution is 5.74. The van der Waals surface area contributed by atoms with E-state index in [1.807, 2.05) is 6.92 Å². The Balaban J connectivity index is 2.03. The molecule has 3 heteroatoms. The number of hydrogen-bond acceptors (Lipinski definition) is 3. The zero-order valence-corrected chi connectivity index (χ0v) is 8.03. The number of rotatable bonds is 2. The summed E-state index contributed by atoms with van der Waals surface area (Å²) in [5.74, 6) is 1.03. The van der Waals surface area contributed by atoms with Crippen LogP contribution in [0, 0.1) is 17.8 Å². The molecule has 0 unspecified atom stereocenters. The molecule has 0 heterocycles. The summed E-state index contributed by atoms with van der Waals surface area (Å²) in [4.78, 5) is 11.5. The maximum atomic E-state index is 11.5. The summed E-state index contributed by atoms with van der Waals surface area (Å²) in [5.41, 5.74) is 5.99. The summed E-state index contributed by atoms with van der Waals surface area (Å²) in [6.45, 7) is 2.32. The summed E-state index contributed by atoms with van der Waals surface area (Å²) in [7, 11) is 0. The van der Waals surface area contributed by atoms with Gasteiger partial charge in [0.1, 0.15) is 0 Å². The fourth-order valence-electron chi connectivity index (χ4n) is 2.92. The number of carbonyl (C=O) groups excluding carboxylic acids is 1. The molecule has 4 atom stereocenters. The Labute approximate surface area is 78.6 Å². The van der Waals surface area contributed by atoms with Crippen LogP contribution in [0.25, 0.3) is 0 Å². The van der Waals surface area contributed by atoms with E-state index in [-0.39, 0.29) is 17.9 Å². The number of carbonyl (C=O) groups is 1. The molecule has 2 aliphatic carbocycles. The Hall–Kier alpha value is -0.570. The van der Waals surface area contributed by atoms with Crippen molar-refractivity contribution in [3.63, 3.8) is 0 Å². The van der Waals surface area contributed by atoms with Crippen molar-refractivity contribution in [1.82, 2.24) is 0 Å². The van der Waals surface area contributed by atoms with Crippen LogP contribution in [0.3, 0.4) is 0 Å². The molecule has 0 aromatic carbocycles. The van der Waals surface area contributed by atoms with Gasteiger partial charge in [-0.25, -0.2) is 0 Å². The van der Waals surface area contributed by atoms with E-state index >= 15 is 0 Å². The van der Waals surface area contributed by atoms with Gasteiger partial charge in [0.05, 0.1) is 12.5 Å². The lowest BCUT2D eigenvalue weighted by atomic mass is 9.85. The normalized spacial score (nSPS) is 42.3. The van der Waals surface area contributed by atoms with Crippen molar-refractivity contribution in [3.8, 4) is 0 Å². The van der Waals surface area contributed by atoms with Crippen LogP contribution in [0.15, 0.2) is 0 Å². The Morgan fingerprint density at radius 3 is 2.69 bits per heavy atom. The van der Waals surface area contributed by atoms with E-state index < -0.39 is 0 Å². The van der Waals surface area contributed by atoms with Gasteiger partial charge < -0.3 is 10.5 Å². The summed E-state index contributed by atoms with van der Waals surface area (Å²) in [6, 6.07) is 0.0674. The van der Waals surface area contributed by atoms with Crippen LogP contribution in [0.2, 0.25) is 0 Å². The van der Waals surface area contributed by atoms with Gasteiger partial charge in [-0.1, -0.05) is 0 Å². The van der Waals surface area contributed by atoms with Gasteiger partial charge in [0.25, 0.3) is 0 Å². The standard InChI is InChI=1S/C10H17NO2/c1-2-13-10(12)8-6-3-4-7(5-6)9(8)11/h6-9H,2-5,11H2,1H3/t6-,7-,8+,9+/m1/s1. The smallest absolute Gasteiger partial charge is 0.310 e. The van der Waals surface area contributed by atoms with Gasteiger partial charge in [0, 0.05) is 6.04 Å². The highest BCUT2D eigenvalue weighted by Gasteiger charge is 2.49. The maximum absolute atomic E-state index is 11.5. The number of hydrogen-bond donors (Lipinski definition) is 1. The van der Waals surface area contributed by atoms with Crippen LogP contribution in [0.4, 0.5) is 0 Å². The number of ether oxygens (including phenoxy) is 1. The Morgan fingerprint density at radius 2 is 2.15 bits per heavy atom. The van der Waals surface area contributed by atoms with Gasteiger partial charge in [-0.05, 0) is 38.0 Å². The number of fused-ring (bicyclic) bond motifs is 2. The molecule has 13 heavy (non-hydrogen) atoms. The molecule has 2 rings (SSSR count). The van der Waals surface area contributed by atoms with Crippen LogP contribution in [-0.2, 0) is 9.53 Å². The average Bonchev–Trinajstić information content (AvgIpc) is 2.63. The molecule has 0 aromatic rings. The minimum absolute atomic E-state index is 0.00120. The lowest BCUT2D eigenvalue weighted by Gasteiger charge is -2.25. The van der Waals surface area contributed by atoms with Crippen LogP contribution in [0.5, 0.6) is 0 Å². The summed E-state index contributed by atoms with van der Waals surface area (Å²) in [5, 5.41) is 0. The third-order valence-electron chi connectivity index (χ3n) is 3.54. The zero-order valence-electron chi connectivity index (χ0n) is 8.03. The molecular weight excluding hydrogens is 166 g/mol. The van der Waals surface area contributed by atoms with Gasteiger partial charge in [0.2, 0.25) is 0 Å². The highest BCUT2D eigenvalue weighted by Crippen LogP contribution is 2.47. The first kappa shape index (κ1) is 9.00. The quantitative estimate of drug-likeness (QED) is 0.648. The van der Waals surface area contributed by atoms with E-state index in [0.29, 0.717) is 18.4 Å². The van der Waals surface area contributed by atoms with Gasteiger partial charge in [-0.2, -0.15) is 0 Å². The summed E-state index contributed by atoms with van der Waals surface area (Å²) >= 11 is 0. The minimum Gasteiger partial charge on any atom is -0.466 e. The Bertz CT molecular complexity index is 215. The second kappa shape index (κ2) is 3.29. The van der Waals surface area contributed by atoms with Crippen LogP contribution in [-0.4, -0.2) is 18.6 Å². The van der Waals surface area contributed by atoms with Crippen molar-refractivity contribution in [2.45, 2.75) is 32.2 Å². The summed E-state index contributed by atoms with van der Waals surface area (Å²) < 4.78 is 5.03. The van der Waals surface area contributed by atoms with E-state index in [4.69, 9.17) is 10.5 Å². The van der Waals surface area contributed by atoms with E-state index in [1.165, 1.54) is 12.8 Å². The third kappa shape index (κ3) is 1.35. The molecule has 3 nitrogen and oxygen atoms in total. The molecule has 2 fully saturated rings. The summed E-state index contributed by atoms with van der Waals surface area (Å²) in [6.07, 6.45) is 3.52. The van der Waals surface area contributed by atoms with Crippen molar-refractivity contribution in [2.75, 3.05) is 6.61 Å². The topological polar surface area (TPSA) is 52.3 Å². The second-order valence-corrected chi connectivity index (χ2v) is 4.19. The lowest BCUT2D eigenvalue weighted by Crippen LogP contribution is -2.41. The molecule has 0 saturated heterocycles. The van der Waals surface area contributed by atoms with Crippen LogP contribution in [0.1, 0.15) is 26.2 Å². The molecule has 2 saturated carbocycles. The van der Waals surface area contributed by atoms with Crippen molar-refractivity contribution < 1.29 is 9.53 Å². The van der Waals surface area contributed by atoms with E-state index in [2.05, 4.69) is 0 Å². The predicted octanol–water partition coefficient (Wildman–Crippen LogP) is 0.923. The van der Waals surface area contributed by atoms with Crippen molar-refractivity contribution in [2.24, 2.45) is 23.5 Å². The molecule has 0 spiro atoms. The Morgan fingerprint density at radius 1 is 1.46 bits per heavy atom. The molecule has 2 aliphatic rings. The van der Waals surface area contributed by atoms with Gasteiger partial charge >= 0.3 is 5.97 Å². The largest absolute Gasteiger partial charge is 0.466 e. The highest BCUT2D eigenvalue weighted by atomic mass is 16.5. The van der Waals surface area contributed by atoms with E-state index in [1.54, 1.807) is 0 Å². The molecule has 0 aliphatic heterocycles. The maximum Gasteiger partial charge on any atom is 0.310 e. The molecule has 0 amide bonds. The van der Waals surface area contributed by atoms with Crippen molar-refractivity contribution in [1.29, 1.82) is 0 Å². The SMILES string of the molecule is CCOC(=O)[C@H]1[C@@H]2CC[C@H](C2)[C@@H]1N. The fourth-order valence-corrected chi connectivity index (χ4v) is 2.92. The van der Waals surface area contributed by atoms with Gasteiger partial charge in [-0.15, -0.1) is 0 Å². The monoisotopic (exact) mass is 183 g/mol. The number of esters is 1. The zero-order chi connectivity index (χ0) is 9.42. The van der Waals surface area contributed by atoms with Crippen molar-refractivity contribution in [3.05, 3.63) is 0 Å². The van der Waals surface area contributed by atoms with Crippen LogP contribution < -0.4 is 5.73 Å². The predicted molar refractivity (Wildman–Crippen MR) is 48.9 cm³/mol. The third-order valence-corrected chi connectivity index (χ3v) is 3.54. The van der Waals surface area contributed by atoms with Gasteiger partial charge in [-0.3, -0.25) is 4.79 Å². The lowest BCUT2D eigenvalue weighted by molar-refractivity contribution is -0.150. The Kier molecular flexibility index (Phi) is 2.28. The molecule has 2 bridgehead atoms.